The van der Waals surface area contributed by atoms with Crippen LogP contribution in [0, 0.1) is 0 Å². The van der Waals surface area contributed by atoms with Crippen LogP contribution in [0.4, 0.5) is 5.13 Å². The van der Waals surface area contributed by atoms with Crippen LogP contribution in [0.3, 0.4) is 0 Å². The molecule has 0 aliphatic heterocycles. The largest absolute Gasteiger partial charge is 0.296 e. The minimum Gasteiger partial charge on any atom is -0.296 e. The lowest BCUT2D eigenvalue weighted by Gasteiger charge is -2.03. The summed E-state index contributed by atoms with van der Waals surface area (Å²) in [5, 5.41) is 13.1. The van der Waals surface area contributed by atoms with E-state index in [1.165, 1.54) is 11.3 Å². The quantitative estimate of drug-likeness (QED) is 0.731. The maximum Gasteiger partial charge on any atom is 0.257 e. The summed E-state index contributed by atoms with van der Waals surface area (Å²) in [5.41, 5.74) is 1.37. The number of amides is 1. The van der Waals surface area contributed by atoms with Gasteiger partial charge in [0.2, 0.25) is 5.13 Å². The average molecular weight is 364 g/mol. The average Bonchev–Trinajstić information content (AvgIpc) is 2.99. The van der Waals surface area contributed by atoms with E-state index in [4.69, 9.17) is 23.2 Å². The Morgan fingerprint density at radius 3 is 2.39 bits per heavy atom. The predicted octanol–water partition coefficient (Wildman–Crippen LogP) is 4.69. The summed E-state index contributed by atoms with van der Waals surface area (Å²) in [7, 11) is 0. The van der Waals surface area contributed by atoms with E-state index in [0.717, 1.165) is 10.6 Å². The van der Waals surface area contributed by atoms with Crippen LogP contribution in [0.5, 0.6) is 0 Å². The molecule has 3 aromatic rings. The number of hydrogen-bond acceptors (Lipinski definition) is 4. The minimum atomic E-state index is -0.218. The van der Waals surface area contributed by atoms with E-state index in [2.05, 4.69) is 15.5 Å². The minimum absolute atomic E-state index is 0.218. The number of anilines is 1. The van der Waals surface area contributed by atoms with Crippen LogP contribution in [0.25, 0.3) is 0 Å². The molecule has 0 saturated carbocycles. The maximum atomic E-state index is 12.1. The molecule has 0 saturated heterocycles. The molecule has 0 aliphatic rings. The molecule has 0 radical (unpaired) electrons. The highest BCUT2D eigenvalue weighted by molar-refractivity contribution is 7.15. The topological polar surface area (TPSA) is 54.9 Å². The lowest BCUT2D eigenvalue weighted by Crippen LogP contribution is -2.11. The molecular weight excluding hydrogens is 353 g/mol. The van der Waals surface area contributed by atoms with Crippen molar-refractivity contribution in [2.45, 2.75) is 6.42 Å². The number of nitrogens with one attached hydrogen (secondary N) is 1. The van der Waals surface area contributed by atoms with Crippen molar-refractivity contribution < 1.29 is 4.79 Å². The van der Waals surface area contributed by atoms with Gasteiger partial charge in [-0.3, -0.25) is 10.1 Å². The second-order valence-electron chi connectivity index (χ2n) is 4.70. The third-order valence-corrected chi connectivity index (χ3v) is 4.66. The molecule has 1 amide bonds. The van der Waals surface area contributed by atoms with E-state index in [-0.39, 0.29) is 5.91 Å². The second-order valence-corrected chi connectivity index (χ2v) is 6.57. The zero-order valence-corrected chi connectivity index (χ0v) is 14.1. The Hall–Kier alpha value is -1.95. The van der Waals surface area contributed by atoms with Crippen LogP contribution in [0.1, 0.15) is 20.9 Å². The standard InChI is InChI=1S/C16H11Cl2N3OS/c17-12-7-4-8-13(18)11(12)9-14-20-21-16(23-14)19-15(22)10-5-2-1-3-6-10/h1-8H,9H2,(H,19,21,22). The number of carbonyl (C=O) groups is 1. The number of rotatable bonds is 4. The summed E-state index contributed by atoms with van der Waals surface area (Å²) < 4.78 is 0. The monoisotopic (exact) mass is 363 g/mol. The highest BCUT2D eigenvalue weighted by Crippen LogP contribution is 2.28. The van der Waals surface area contributed by atoms with Crippen molar-refractivity contribution in [1.29, 1.82) is 0 Å². The van der Waals surface area contributed by atoms with Crippen molar-refractivity contribution in [1.82, 2.24) is 10.2 Å². The Labute approximate surface area is 147 Å². The lowest BCUT2D eigenvalue weighted by molar-refractivity contribution is 0.102. The first kappa shape index (κ1) is 15.9. The molecule has 0 spiro atoms. The summed E-state index contributed by atoms with van der Waals surface area (Å²) in [6.07, 6.45) is 0.470. The van der Waals surface area contributed by atoms with Crippen LogP contribution in [0.15, 0.2) is 48.5 Å². The van der Waals surface area contributed by atoms with Gasteiger partial charge in [0.05, 0.1) is 0 Å². The molecule has 1 aromatic heterocycles. The van der Waals surface area contributed by atoms with Gasteiger partial charge in [0.25, 0.3) is 5.91 Å². The number of aromatic nitrogens is 2. The van der Waals surface area contributed by atoms with Crippen LogP contribution in [-0.4, -0.2) is 16.1 Å². The van der Waals surface area contributed by atoms with Crippen LogP contribution >= 0.6 is 34.5 Å². The molecule has 1 N–H and O–H groups in total. The van der Waals surface area contributed by atoms with Crippen molar-refractivity contribution in [3.8, 4) is 0 Å². The number of benzene rings is 2. The number of hydrogen-bond donors (Lipinski definition) is 1. The van der Waals surface area contributed by atoms with E-state index in [1.54, 1.807) is 42.5 Å². The Morgan fingerprint density at radius 2 is 1.70 bits per heavy atom. The summed E-state index contributed by atoms with van der Waals surface area (Å²) in [6.45, 7) is 0. The van der Waals surface area contributed by atoms with Gasteiger partial charge < -0.3 is 0 Å². The summed E-state index contributed by atoms with van der Waals surface area (Å²) in [4.78, 5) is 12.1. The van der Waals surface area contributed by atoms with Gasteiger partial charge >= 0.3 is 0 Å². The molecule has 1 heterocycles. The molecule has 0 atom stereocenters. The van der Waals surface area contributed by atoms with Crippen molar-refractivity contribution >= 4 is 45.6 Å². The van der Waals surface area contributed by atoms with Gasteiger partial charge in [0, 0.05) is 22.0 Å². The fraction of sp³-hybridized carbons (Fsp3) is 0.0625. The Kier molecular flexibility index (Phi) is 4.91. The number of carbonyl (C=O) groups excluding carboxylic acids is 1. The normalized spacial score (nSPS) is 10.5. The van der Waals surface area contributed by atoms with Crippen molar-refractivity contribution in [2.75, 3.05) is 5.32 Å². The third kappa shape index (κ3) is 3.88. The molecule has 116 valence electrons. The first-order valence-corrected chi connectivity index (χ1v) is 8.32. The van der Waals surface area contributed by atoms with Gasteiger partial charge in [-0.1, -0.05) is 58.8 Å². The van der Waals surface area contributed by atoms with Gasteiger partial charge in [-0.25, -0.2) is 0 Å². The van der Waals surface area contributed by atoms with E-state index < -0.39 is 0 Å². The smallest absolute Gasteiger partial charge is 0.257 e. The third-order valence-electron chi connectivity index (χ3n) is 3.11. The fourth-order valence-corrected chi connectivity index (χ4v) is 3.26. The van der Waals surface area contributed by atoms with Crippen LogP contribution in [-0.2, 0) is 6.42 Å². The summed E-state index contributed by atoms with van der Waals surface area (Å²) >= 11 is 13.6. The van der Waals surface area contributed by atoms with Gasteiger partial charge in [-0.05, 0) is 29.8 Å². The van der Waals surface area contributed by atoms with Crippen LogP contribution in [0.2, 0.25) is 10.0 Å². The van der Waals surface area contributed by atoms with E-state index in [0.29, 0.717) is 27.2 Å². The highest BCUT2D eigenvalue weighted by Gasteiger charge is 2.13. The summed E-state index contributed by atoms with van der Waals surface area (Å²) in [6, 6.07) is 14.3. The first-order chi connectivity index (χ1) is 11.1. The lowest BCUT2D eigenvalue weighted by atomic mass is 10.1. The van der Waals surface area contributed by atoms with E-state index in [1.807, 2.05) is 6.07 Å². The van der Waals surface area contributed by atoms with Gasteiger partial charge in [0.1, 0.15) is 5.01 Å². The molecule has 23 heavy (non-hydrogen) atoms. The number of halogens is 2. The summed E-state index contributed by atoms with van der Waals surface area (Å²) in [5.74, 6) is -0.218. The zero-order chi connectivity index (χ0) is 16.2. The Bertz CT molecular complexity index is 816. The van der Waals surface area contributed by atoms with E-state index in [9.17, 15) is 4.79 Å². The zero-order valence-electron chi connectivity index (χ0n) is 11.8. The molecule has 0 unspecified atom stereocenters. The molecule has 3 rings (SSSR count). The number of nitrogens with zero attached hydrogens (tertiary/aromatic N) is 2. The van der Waals surface area contributed by atoms with Crippen LogP contribution < -0.4 is 5.32 Å². The van der Waals surface area contributed by atoms with Gasteiger partial charge in [-0.15, -0.1) is 10.2 Å². The van der Waals surface area contributed by atoms with E-state index >= 15 is 0 Å². The molecular formula is C16H11Cl2N3OS. The molecule has 0 fully saturated rings. The maximum absolute atomic E-state index is 12.1. The molecule has 7 heteroatoms. The molecule has 0 bridgehead atoms. The molecule has 4 nitrogen and oxygen atoms in total. The SMILES string of the molecule is O=C(Nc1nnc(Cc2c(Cl)cccc2Cl)s1)c1ccccc1. The second kappa shape index (κ2) is 7.08. The van der Waals surface area contributed by atoms with Crippen molar-refractivity contribution in [3.63, 3.8) is 0 Å². The van der Waals surface area contributed by atoms with Gasteiger partial charge in [-0.2, -0.15) is 0 Å². The molecule has 2 aromatic carbocycles. The Balaban J connectivity index is 1.72. The first-order valence-electron chi connectivity index (χ1n) is 6.75. The Morgan fingerprint density at radius 1 is 1.00 bits per heavy atom. The molecule has 0 aliphatic carbocycles. The van der Waals surface area contributed by atoms with Crippen molar-refractivity contribution in [2.24, 2.45) is 0 Å². The predicted molar refractivity (Wildman–Crippen MR) is 93.6 cm³/mol. The van der Waals surface area contributed by atoms with Gasteiger partial charge in [0.15, 0.2) is 0 Å². The van der Waals surface area contributed by atoms with Crippen molar-refractivity contribution in [3.05, 3.63) is 74.7 Å². The fourth-order valence-electron chi connectivity index (χ4n) is 1.99. The highest BCUT2D eigenvalue weighted by atomic mass is 35.5.